The van der Waals surface area contributed by atoms with E-state index in [1.807, 2.05) is 26.8 Å². The summed E-state index contributed by atoms with van der Waals surface area (Å²) in [5.41, 5.74) is 3.36. The monoisotopic (exact) mass is 461 g/mol. The second-order valence-corrected chi connectivity index (χ2v) is 6.92. The number of guanidine groups is 1. The smallest absolute Gasteiger partial charge is 0.191 e. The molecule has 142 valence electrons. The highest BCUT2D eigenvalue weighted by Gasteiger charge is 2.18. The molecule has 0 bridgehead atoms. The van der Waals surface area contributed by atoms with Crippen LogP contribution < -0.4 is 10.6 Å². The summed E-state index contributed by atoms with van der Waals surface area (Å²) >= 11 is 0. The molecule has 0 saturated heterocycles. The van der Waals surface area contributed by atoms with Crippen LogP contribution in [-0.2, 0) is 24.1 Å². The number of aliphatic imine (C=N–C) groups is 1. The Morgan fingerprint density at radius 3 is 2.64 bits per heavy atom. The molecule has 2 rings (SSSR count). The fourth-order valence-electron chi connectivity index (χ4n) is 2.94. The molecule has 0 radical (unpaired) electrons. The van der Waals surface area contributed by atoms with Gasteiger partial charge in [-0.05, 0) is 63.6 Å². The van der Waals surface area contributed by atoms with Gasteiger partial charge in [-0.1, -0.05) is 6.07 Å². The van der Waals surface area contributed by atoms with Crippen LogP contribution in [0.1, 0.15) is 50.3 Å². The van der Waals surface area contributed by atoms with Crippen LogP contribution in [0.3, 0.4) is 0 Å². The molecule has 0 fully saturated rings. The van der Waals surface area contributed by atoms with E-state index in [0.717, 1.165) is 30.9 Å². The Hall–Kier alpha value is -1.02. The normalized spacial score (nSPS) is 14.5. The zero-order valence-electron chi connectivity index (χ0n) is 15.8. The Morgan fingerprint density at radius 2 is 1.96 bits per heavy atom. The van der Waals surface area contributed by atoms with E-state index in [4.69, 9.17) is 4.74 Å². The summed E-state index contributed by atoms with van der Waals surface area (Å²) in [6, 6.07) is 3.87. The molecule has 0 saturated carbocycles. The molecule has 0 aliphatic heterocycles. The fraction of sp³-hybridized carbons (Fsp3) is 0.632. The second kappa shape index (κ2) is 10.2. The molecule has 3 N–H and O–H groups in total. The van der Waals surface area contributed by atoms with E-state index in [-0.39, 0.29) is 29.6 Å². The van der Waals surface area contributed by atoms with Crippen LogP contribution in [0.5, 0.6) is 5.75 Å². The summed E-state index contributed by atoms with van der Waals surface area (Å²) < 4.78 is 5.44. The van der Waals surface area contributed by atoms with E-state index in [9.17, 15) is 5.11 Å². The Kier molecular flexibility index (Phi) is 8.99. The quantitative estimate of drug-likeness (QED) is 0.345. The van der Waals surface area contributed by atoms with Crippen LogP contribution in [0.4, 0.5) is 0 Å². The number of aryl methyl sites for hydroxylation is 1. The first-order valence-electron chi connectivity index (χ1n) is 8.86. The van der Waals surface area contributed by atoms with Gasteiger partial charge in [0.05, 0.1) is 12.1 Å². The van der Waals surface area contributed by atoms with Crippen LogP contribution in [-0.4, -0.2) is 36.9 Å². The lowest BCUT2D eigenvalue weighted by atomic mass is 9.88. The summed E-state index contributed by atoms with van der Waals surface area (Å²) in [6.07, 6.45) is 4.56. The lowest BCUT2D eigenvalue weighted by Crippen LogP contribution is -2.45. The Labute approximate surface area is 168 Å². The van der Waals surface area contributed by atoms with Gasteiger partial charge in [0.2, 0.25) is 0 Å². The number of hydrogen-bond donors (Lipinski definition) is 3. The Bertz CT molecular complexity index is 588. The van der Waals surface area contributed by atoms with Crippen LogP contribution in [0.15, 0.2) is 17.1 Å². The lowest BCUT2D eigenvalue weighted by molar-refractivity contribution is 0.0268. The molecular formula is C19H32IN3O2. The number of methoxy groups -OCH3 is 1. The third kappa shape index (κ3) is 6.33. The number of aromatic hydroxyl groups is 1. The van der Waals surface area contributed by atoms with E-state index in [1.165, 1.54) is 24.0 Å². The number of rotatable bonds is 6. The van der Waals surface area contributed by atoms with Crippen LogP contribution >= 0.6 is 24.0 Å². The standard InChI is InChI=1S/C19H31N3O2.HI/c1-5-20-18(22-13-19(2,3)24-4)21-12-16-15-9-7-6-8-14(15)10-11-17(16)23;/h10-11,23H,5-9,12-13H2,1-4H3,(H2,20,21,22);1H. The first-order valence-corrected chi connectivity index (χ1v) is 8.86. The molecule has 0 atom stereocenters. The summed E-state index contributed by atoms with van der Waals surface area (Å²) in [7, 11) is 1.71. The maximum atomic E-state index is 10.3. The van der Waals surface area contributed by atoms with Gasteiger partial charge in [0.1, 0.15) is 5.75 Å². The molecular weight excluding hydrogens is 429 g/mol. The van der Waals surface area contributed by atoms with E-state index >= 15 is 0 Å². The lowest BCUT2D eigenvalue weighted by Gasteiger charge is -2.24. The largest absolute Gasteiger partial charge is 0.508 e. The highest BCUT2D eigenvalue weighted by atomic mass is 127. The minimum atomic E-state index is -0.260. The second-order valence-electron chi connectivity index (χ2n) is 6.92. The number of nitrogens with one attached hydrogen (secondary N) is 2. The van der Waals surface area contributed by atoms with Gasteiger partial charge in [0, 0.05) is 25.8 Å². The van der Waals surface area contributed by atoms with E-state index < -0.39 is 0 Å². The van der Waals surface area contributed by atoms with Crippen LogP contribution in [0.25, 0.3) is 0 Å². The molecule has 1 aliphatic carbocycles. The van der Waals surface area contributed by atoms with E-state index in [1.54, 1.807) is 7.11 Å². The van der Waals surface area contributed by atoms with Crippen molar-refractivity contribution in [2.75, 3.05) is 20.2 Å². The number of ether oxygens (including phenoxy) is 1. The average Bonchev–Trinajstić information content (AvgIpc) is 2.58. The van der Waals surface area contributed by atoms with Gasteiger partial charge in [0.15, 0.2) is 5.96 Å². The summed E-state index contributed by atoms with van der Waals surface area (Å²) in [6.45, 7) is 8.04. The Morgan fingerprint density at radius 1 is 1.24 bits per heavy atom. The van der Waals surface area contributed by atoms with Crippen LogP contribution in [0.2, 0.25) is 0 Å². The zero-order chi connectivity index (χ0) is 17.6. The van der Waals surface area contributed by atoms with Gasteiger partial charge in [0.25, 0.3) is 0 Å². The average molecular weight is 461 g/mol. The van der Waals surface area contributed by atoms with Gasteiger partial charge < -0.3 is 20.5 Å². The highest BCUT2D eigenvalue weighted by Crippen LogP contribution is 2.31. The van der Waals surface area contributed by atoms with Gasteiger partial charge in [-0.3, -0.25) is 0 Å². The molecule has 0 aromatic heterocycles. The Balaban J connectivity index is 0.00000312. The minimum absolute atomic E-state index is 0. The van der Waals surface area contributed by atoms with Gasteiger partial charge in [-0.15, -0.1) is 24.0 Å². The van der Waals surface area contributed by atoms with Crippen molar-refractivity contribution in [1.29, 1.82) is 0 Å². The van der Waals surface area contributed by atoms with Crippen molar-refractivity contribution in [2.24, 2.45) is 4.99 Å². The molecule has 0 spiro atoms. The highest BCUT2D eigenvalue weighted by molar-refractivity contribution is 14.0. The molecule has 1 aromatic carbocycles. The fourth-order valence-corrected chi connectivity index (χ4v) is 2.94. The maximum Gasteiger partial charge on any atom is 0.191 e. The van der Waals surface area contributed by atoms with Crippen molar-refractivity contribution in [3.05, 3.63) is 28.8 Å². The first kappa shape index (κ1) is 22.0. The van der Waals surface area contributed by atoms with Gasteiger partial charge in [-0.25, -0.2) is 4.99 Å². The molecule has 0 amide bonds. The molecule has 1 aliphatic rings. The van der Waals surface area contributed by atoms with Gasteiger partial charge in [-0.2, -0.15) is 0 Å². The number of hydrogen-bond acceptors (Lipinski definition) is 3. The molecule has 25 heavy (non-hydrogen) atoms. The van der Waals surface area contributed by atoms with Crippen molar-refractivity contribution in [1.82, 2.24) is 10.6 Å². The number of phenolic OH excluding ortho intramolecular Hbond substituents is 1. The van der Waals surface area contributed by atoms with E-state index in [0.29, 0.717) is 18.8 Å². The number of phenols is 1. The predicted molar refractivity (Wildman–Crippen MR) is 114 cm³/mol. The number of benzene rings is 1. The third-order valence-electron chi connectivity index (χ3n) is 4.60. The topological polar surface area (TPSA) is 65.9 Å². The summed E-state index contributed by atoms with van der Waals surface area (Å²) in [5.74, 6) is 1.10. The maximum absolute atomic E-state index is 10.3. The predicted octanol–water partition coefficient (Wildman–Crippen LogP) is 3.37. The van der Waals surface area contributed by atoms with Crippen molar-refractivity contribution < 1.29 is 9.84 Å². The van der Waals surface area contributed by atoms with Gasteiger partial charge >= 0.3 is 0 Å². The zero-order valence-corrected chi connectivity index (χ0v) is 18.1. The van der Waals surface area contributed by atoms with Crippen molar-refractivity contribution in [3.8, 4) is 5.75 Å². The molecule has 0 heterocycles. The van der Waals surface area contributed by atoms with E-state index in [2.05, 4.69) is 21.7 Å². The summed E-state index contributed by atoms with van der Waals surface area (Å²) in [4.78, 5) is 4.67. The molecule has 1 aromatic rings. The van der Waals surface area contributed by atoms with Crippen molar-refractivity contribution in [3.63, 3.8) is 0 Å². The SMILES string of the molecule is CCNC(=NCc1c(O)ccc2c1CCCC2)NCC(C)(C)OC.I. The summed E-state index contributed by atoms with van der Waals surface area (Å²) in [5, 5.41) is 16.8. The molecule has 5 nitrogen and oxygen atoms in total. The number of halogens is 1. The number of nitrogens with zero attached hydrogens (tertiary/aromatic N) is 1. The van der Waals surface area contributed by atoms with Crippen molar-refractivity contribution in [2.45, 2.75) is 58.6 Å². The van der Waals surface area contributed by atoms with Crippen LogP contribution in [0, 0.1) is 0 Å². The third-order valence-corrected chi connectivity index (χ3v) is 4.60. The molecule has 6 heteroatoms. The van der Waals surface area contributed by atoms with Crippen molar-refractivity contribution >= 4 is 29.9 Å². The number of fused-ring (bicyclic) bond motifs is 1. The molecule has 0 unspecified atom stereocenters. The first-order chi connectivity index (χ1) is 11.5. The minimum Gasteiger partial charge on any atom is -0.508 e.